The lowest BCUT2D eigenvalue weighted by atomic mass is 10.0. The van der Waals surface area contributed by atoms with E-state index in [9.17, 15) is 9.59 Å². The molecule has 1 rings (SSSR count). The van der Waals surface area contributed by atoms with Crippen LogP contribution in [0.4, 0.5) is 0 Å². The average molecular weight is 279 g/mol. The van der Waals surface area contributed by atoms with Gasteiger partial charge < -0.3 is 15.5 Å². The Morgan fingerprint density at radius 2 is 1.75 bits per heavy atom. The van der Waals surface area contributed by atoms with Crippen molar-refractivity contribution in [3.8, 4) is 0 Å². The highest BCUT2D eigenvalue weighted by Gasteiger charge is 2.17. The molecule has 5 nitrogen and oxygen atoms in total. The van der Waals surface area contributed by atoms with Gasteiger partial charge in [0, 0.05) is 13.0 Å². The van der Waals surface area contributed by atoms with Gasteiger partial charge in [-0.25, -0.2) is 0 Å². The van der Waals surface area contributed by atoms with Crippen molar-refractivity contribution in [2.45, 2.75) is 45.2 Å². The minimum absolute atomic E-state index is 0.0781. The normalized spacial score (nSPS) is 12.3. The zero-order valence-corrected chi connectivity index (χ0v) is 11.8. The molecule has 0 aliphatic rings. The molecule has 1 aromatic carbocycles. The van der Waals surface area contributed by atoms with E-state index in [1.807, 2.05) is 24.3 Å². The molecule has 0 radical (unpaired) electrons. The van der Waals surface area contributed by atoms with Gasteiger partial charge in [-0.05, 0) is 23.5 Å². The Morgan fingerprint density at radius 3 is 2.20 bits per heavy atom. The van der Waals surface area contributed by atoms with Crippen molar-refractivity contribution in [1.29, 1.82) is 0 Å². The van der Waals surface area contributed by atoms with Crippen LogP contribution >= 0.6 is 0 Å². The number of carboxylic acids is 2. The number of benzene rings is 1. The van der Waals surface area contributed by atoms with Gasteiger partial charge in [0.15, 0.2) is 0 Å². The maximum absolute atomic E-state index is 11.0. The fourth-order valence-electron chi connectivity index (χ4n) is 1.84. The molecule has 0 saturated carbocycles. The van der Waals surface area contributed by atoms with E-state index in [1.54, 1.807) is 0 Å². The summed E-state index contributed by atoms with van der Waals surface area (Å²) in [7, 11) is 0. The molecule has 1 unspecified atom stereocenters. The second-order valence-corrected chi connectivity index (χ2v) is 5.10. The summed E-state index contributed by atoms with van der Waals surface area (Å²) >= 11 is 0. The molecule has 5 heteroatoms. The Labute approximate surface area is 118 Å². The molecule has 0 spiro atoms. The average Bonchev–Trinajstić information content (AvgIpc) is 2.38. The lowest BCUT2D eigenvalue weighted by Crippen LogP contribution is -2.36. The highest BCUT2D eigenvalue weighted by atomic mass is 16.4. The van der Waals surface area contributed by atoms with Crippen LogP contribution in [0.25, 0.3) is 0 Å². The largest absolute Gasteiger partial charge is 0.481 e. The van der Waals surface area contributed by atoms with Crippen LogP contribution < -0.4 is 5.32 Å². The molecule has 20 heavy (non-hydrogen) atoms. The molecule has 0 fully saturated rings. The molecule has 0 saturated heterocycles. The topological polar surface area (TPSA) is 86.6 Å². The van der Waals surface area contributed by atoms with Gasteiger partial charge >= 0.3 is 11.9 Å². The zero-order chi connectivity index (χ0) is 15.1. The van der Waals surface area contributed by atoms with E-state index >= 15 is 0 Å². The van der Waals surface area contributed by atoms with Crippen LogP contribution in [0.2, 0.25) is 0 Å². The highest BCUT2D eigenvalue weighted by Crippen LogP contribution is 2.14. The molecule has 110 valence electrons. The van der Waals surface area contributed by atoms with Crippen molar-refractivity contribution in [3.63, 3.8) is 0 Å². The Kier molecular flexibility index (Phi) is 6.18. The second kappa shape index (κ2) is 7.65. The van der Waals surface area contributed by atoms with Crippen LogP contribution in [-0.4, -0.2) is 28.2 Å². The molecular formula is C15H21NO4. The van der Waals surface area contributed by atoms with Crippen LogP contribution in [0, 0.1) is 0 Å². The monoisotopic (exact) mass is 279 g/mol. The number of aliphatic carboxylic acids is 2. The first-order valence-corrected chi connectivity index (χ1v) is 6.67. The standard InChI is InChI=1S/C15H21NO4/c1-10(2)12-5-3-11(4-6-12)9-16-13(15(19)20)7-8-14(17)18/h3-6,10,13,16H,7-9H2,1-2H3,(H,17,18)(H,19,20). The van der Waals surface area contributed by atoms with E-state index < -0.39 is 18.0 Å². The van der Waals surface area contributed by atoms with E-state index in [2.05, 4.69) is 19.2 Å². The minimum Gasteiger partial charge on any atom is -0.481 e. The maximum Gasteiger partial charge on any atom is 0.320 e. The van der Waals surface area contributed by atoms with E-state index in [0.717, 1.165) is 5.56 Å². The number of hydrogen-bond donors (Lipinski definition) is 3. The smallest absolute Gasteiger partial charge is 0.320 e. The Bertz CT molecular complexity index is 453. The van der Waals surface area contributed by atoms with Crippen LogP contribution in [0.5, 0.6) is 0 Å². The number of nitrogens with one attached hydrogen (secondary N) is 1. The Hall–Kier alpha value is -1.88. The Morgan fingerprint density at radius 1 is 1.15 bits per heavy atom. The number of rotatable bonds is 8. The lowest BCUT2D eigenvalue weighted by molar-refractivity contribution is -0.140. The second-order valence-electron chi connectivity index (χ2n) is 5.10. The third kappa shape index (κ3) is 5.40. The van der Waals surface area contributed by atoms with Crippen molar-refractivity contribution in [1.82, 2.24) is 5.32 Å². The summed E-state index contributed by atoms with van der Waals surface area (Å²) in [5.74, 6) is -1.55. The van der Waals surface area contributed by atoms with Crippen molar-refractivity contribution < 1.29 is 19.8 Å². The third-order valence-corrected chi connectivity index (χ3v) is 3.14. The summed E-state index contributed by atoms with van der Waals surface area (Å²) in [5.41, 5.74) is 2.21. The summed E-state index contributed by atoms with van der Waals surface area (Å²) in [5, 5.41) is 20.5. The van der Waals surface area contributed by atoms with Crippen molar-refractivity contribution >= 4 is 11.9 Å². The van der Waals surface area contributed by atoms with E-state index in [4.69, 9.17) is 10.2 Å². The van der Waals surface area contributed by atoms with E-state index in [-0.39, 0.29) is 12.8 Å². The Balaban J connectivity index is 2.54. The molecule has 0 aliphatic heterocycles. The fourth-order valence-corrected chi connectivity index (χ4v) is 1.84. The summed E-state index contributed by atoms with van der Waals surface area (Å²) in [4.78, 5) is 21.5. The van der Waals surface area contributed by atoms with Gasteiger partial charge in [0.1, 0.15) is 6.04 Å². The van der Waals surface area contributed by atoms with E-state index in [1.165, 1.54) is 5.56 Å². The number of hydrogen-bond acceptors (Lipinski definition) is 3. The van der Waals surface area contributed by atoms with Crippen molar-refractivity contribution in [3.05, 3.63) is 35.4 Å². The molecule has 0 amide bonds. The van der Waals surface area contributed by atoms with Crippen molar-refractivity contribution in [2.24, 2.45) is 0 Å². The predicted octanol–water partition coefficient (Wildman–Crippen LogP) is 2.22. The molecule has 0 aromatic heterocycles. The maximum atomic E-state index is 11.0. The first kappa shape index (κ1) is 16.2. The van der Waals surface area contributed by atoms with Gasteiger partial charge in [-0.15, -0.1) is 0 Å². The SMILES string of the molecule is CC(C)c1ccc(CNC(CCC(=O)O)C(=O)O)cc1. The van der Waals surface area contributed by atoms with Crippen LogP contribution in [0.3, 0.4) is 0 Å². The molecular weight excluding hydrogens is 258 g/mol. The van der Waals surface area contributed by atoms with Gasteiger partial charge in [0.2, 0.25) is 0 Å². The van der Waals surface area contributed by atoms with Gasteiger partial charge in [-0.3, -0.25) is 9.59 Å². The summed E-state index contributed by atoms with van der Waals surface area (Å²) in [6, 6.07) is 7.12. The third-order valence-electron chi connectivity index (χ3n) is 3.14. The zero-order valence-electron chi connectivity index (χ0n) is 11.8. The first-order chi connectivity index (χ1) is 9.40. The molecule has 1 aromatic rings. The summed E-state index contributed by atoms with van der Waals surface area (Å²) in [6.07, 6.45) is -0.0784. The minimum atomic E-state index is -1.02. The molecule has 0 bridgehead atoms. The van der Waals surface area contributed by atoms with Gasteiger partial charge in [0.05, 0.1) is 0 Å². The van der Waals surface area contributed by atoms with Gasteiger partial charge in [-0.1, -0.05) is 38.1 Å². The first-order valence-electron chi connectivity index (χ1n) is 6.67. The lowest BCUT2D eigenvalue weighted by Gasteiger charge is -2.14. The van der Waals surface area contributed by atoms with Crippen molar-refractivity contribution in [2.75, 3.05) is 0 Å². The van der Waals surface area contributed by atoms with Gasteiger partial charge in [0.25, 0.3) is 0 Å². The molecule has 0 aliphatic carbocycles. The van der Waals surface area contributed by atoms with Gasteiger partial charge in [-0.2, -0.15) is 0 Å². The van der Waals surface area contributed by atoms with Crippen LogP contribution in [0.1, 0.15) is 43.7 Å². The number of carbonyl (C=O) groups is 2. The highest BCUT2D eigenvalue weighted by molar-refractivity contribution is 5.75. The van der Waals surface area contributed by atoms with E-state index in [0.29, 0.717) is 12.5 Å². The predicted molar refractivity (Wildman–Crippen MR) is 75.7 cm³/mol. The summed E-state index contributed by atoms with van der Waals surface area (Å²) < 4.78 is 0. The molecule has 1 atom stereocenters. The number of carboxylic acid groups (broad SMARTS) is 2. The van der Waals surface area contributed by atoms with Crippen LogP contribution in [0.15, 0.2) is 24.3 Å². The molecule has 0 heterocycles. The fraction of sp³-hybridized carbons (Fsp3) is 0.467. The quantitative estimate of drug-likeness (QED) is 0.679. The summed E-state index contributed by atoms with van der Waals surface area (Å²) in [6.45, 7) is 4.63. The molecule has 3 N–H and O–H groups in total. The van der Waals surface area contributed by atoms with Crippen LogP contribution in [-0.2, 0) is 16.1 Å².